The van der Waals surface area contributed by atoms with Crippen LogP contribution in [0.2, 0.25) is 0 Å². The molecule has 0 amide bonds. The molecular weight excluding hydrogens is 134 g/mol. The highest BCUT2D eigenvalue weighted by Gasteiger charge is 2.16. The summed E-state index contributed by atoms with van der Waals surface area (Å²) < 4.78 is 0. The van der Waals surface area contributed by atoms with Gasteiger partial charge in [-0.15, -0.1) is 0 Å². The zero-order valence-electron chi connectivity index (χ0n) is 6.83. The fourth-order valence-corrected chi connectivity index (χ4v) is 1.42. The largest absolute Gasteiger partial charge is 0.256 e. The van der Waals surface area contributed by atoms with Gasteiger partial charge in [0.1, 0.15) is 0 Å². The molecule has 1 unspecified atom stereocenters. The Balaban J connectivity index is 2.51. The van der Waals surface area contributed by atoms with Crippen LogP contribution in [0.3, 0.4) is 0 Å². The van der Waals surface area contributed by atoms with Gasteiger partial charge in [0.05, 0.1) is 5.70 Å². The second kappa shape index (κ2) is 2.19. The molecule has 0 spiro atoms. The van der Waals surface area contributed by atoms with Crippen LogP contribution in [0.25, 0.3) is 0 Å². The predicted molar refractivity (Wildman–Crippen MR) is 47.6 cm³/mol. The van der Waals surface area contributed by atoms with Crippen LogP contribution in [0, 0.1) is 5.92 Å². The number of rotatable bonds is 0. The van der Waals surface area contributed by atoms with Crippen LogP contribution in [-0.2, 0) is 0 Å². The van der Waals surface area contributed by atoms with Gasteiger partial charge in [0, 0.05) is 11.8 Å². The first-order valence-electron chi connectivity index (χ1n) is 3.93. The SMILES string of the molecule is CC1=C2N=CC=C2C=CC1C. The van der Waals surface area contributed by atoms with Gasteiger partial charge in [-0.3, -0.25) is 4.99 Å². The molecule has 2 aliphatic rings. The molecule has 1 atom stereocenters. The maximum atomic E-state index is 4.30. The Morgan fingerprint density at radius 3 is 3.09 bits per heavy atom. The average molecular weight is 145 g/mol. The van der Waals surface area contributed by atoms with Crippen LogP contribution < -0.4 is 0 Å². The minimum atomic E-state index is 0.553. The molecule has 0 radical (unpaired) electrons. The molecule has 0 aromatic heterocycles. The van der Waals surface area contributed by atoms with Gasteiger partial charge in [-0.25, -0.2) is 0 Å². The molecule has 0 N–H and O–H groups in total. The molecule has 56 valence electrons. The Bertz CT molecular complexity index is 303. The first-order chi connectivity index (χ1) is 5.29. The van der Waals surface area contributed by atoms with Gasteiger partial charge < -0.3 is 0 Å². The lowest BCUT2D eigenvalue weighted by atomic mass is 9.92. The fourth-order valence-electron chi connectivity index (χ4n) is 1.42. The van der Waals surface area contributed by atoms with E-state index in [1.165, 1.54) is 16.8 Å². The minimum Gasteiger partial charge on any atom is -0.256 e. The summed E-state index contributed by atoms with van der Waals surface area (Å²) in [5, 5.41) is 0. The fraction of sp³-hybridized carbons (Fsp3) is 0.300. The van der Waals surface area contributed by atoms with Gasteiger partial charge in [-0.2, -0.15) is 0 Å². The van der Waals surface area contributed by atoms with E-state index in [1.54, 1.807) is 0 Å². The van der Waals surface area contributed by atoms with Gasteiger partial charge in [-0.05, 0) is 24.5 Å². The lowest BCUT2D eigenvalue weighted by Crippen LogP contribution is -2.00. The van der Waals surface area contributed by atoms with E-state index in [0.717, 1.165) is 0 Å². The summed E-state index contributed by atoms with van der Waals surface area (Å²) in [6.07, 6.45) is 8.30. The van der Waals surface area contributed by atoms with E-state index >= 15 is 0 Å². The molecule has 0 aromatic carbocycles. The van der Waals surface area contributed by atoms with Crippen LogP contribution in [0.4, 0.5) is 0 Å². The Morgan fingerprint density at radius 2 is 2.27 bits per heavy atom. The molecule has 0 aromatic rings. The molecule has 11 heavy (non-hydrogen) atoms. The van der Waals surface area contributed by atoms with E-state index in [0.29, 0.717) is 5.92 Å². The lowest BCUT2D eigenvalue weighted by Gasteiger charge is -2.15. The second-order valence-electron chi connectivity index (χ2n) is 3.08. The number of allylic oxidation sites excluding steroid dienone is 4. The molecule has 2 rings (SSSR count). The first kappa shape index (κ1) is 6.59. The highest BCUT2D eigenvalue weighted by Crippen LogP contribution is 2.30. The lowest BCUT2D eigenvalue weighted by molar-refractivity contribution is 0.833. The molecular formula is C10H11N. The van der Waals surface area contributed by atoms with Crippen molar-refractivity contribution in [2.45, 2.75) is 13.8 Å². The van der Waals surface area contributed by atoms with Crippen LogP contribution in [0.1, 0.15) is 13.8 Å². The Labute approximate surface area is 66.8 Å². The zero-order valence-corrected chi connectivity index (χ0v) is 6.83. The van der Waals surface area contributed by atoms with Crippen molar-refractivity contribution >= 4 is 6.21 Å². The van der Waals surface area contributed by atoms with Crippen molar-refractivity contribution in [2.75, 3.05) is 0 Å². The van der Waals surface area contributed by atoms with Crippen molar-refractivity contribution in [3.63, 3.8) is 0 Å². The molecule has 1 heteroatoms. The number of hydrogen-bond acceptors (Lipinski definition) is 1. The number of hydrogen-bond donors (Lipinski definition) is 0. The molecule has 0 saturated heterocycles. The number of fused-ring (bicyclic) bond motifs is 1. The highest BCUT2D eigenvalue weighted by molar-refractivity contribution is 5.81. The Morgan fingerprint density at radius 1 is 1.45 bits per heavy atom. The quantitative estimate of drug-likeness (QED) is 0.496. The summed E-state index contributed by atoms with van der Waals surface area (Å²) >= 11 is 0. The second-order valence-corrected chi connectivity index (χ2v) is 3.08. The molecule has 1 aliphatic carbocycles. The summed E-state index contributed by atoms with van der Waals surface area (Å²) in [6, 6.07) is 0. The summed E-state index contributed by atoms with van der Waals surface area (Å²) in [7, 11) is 0. The maximum absolute atomic E-state index is 4.30. The third-order valence-corrected chi connectivity index (χ3v) is 2.35. The van der Waals surface area contributed by atoms with Crippen molar-refractivity contribution in [1.82, 2.24) is 0 Å². The maximum Gasteiger partial charge on any atom is 0.0697 e. The van der Waals surface area contributed by atoms with Crippen molar-refractivity contribution in [3.8, 4) is 0 Å². The van der Waals surface area contributed by atoms with Crippen LogP contribution >= 0.6 is 0 Å². The van der Waals surface area contributed by atoms with Gasteiger partial charge in [-0.1, -0.05) is 19.1 Å². The van der Waals surface area contributed by atoms with E-state index in [4.69, 9.17) is 0 Å². The molecule has 0 saturated carbocycles. The molecule has 0 bridgehead atoms. The summed E-state index contributed by atoms with van der Waals surface area (Å²) in [6.45, 7) is 4.35. The summed E-state index contributed by atoms with van der Waals surface area (Å²) in [5.41, 5.74) is 3.83. The number of aliphatic imine (C=N–C) groups is 1. The topological polar surface area (TPSA) is 12.4 Å². The van der Waals surface area contributed by atoms with Gasteiger partial charge in [0.15, 0.2) is 0 Å². The molecule has 1 heterocycles. The summed E-state index contributed by atoms with van der Waals surface area (Å²) in [5.74, 6) is 0.553. The van der Waals surface area contributed by atoms with Crippen LogP contribution in [0.15, 0.2) is 40.1 Å². The van der Waals surface area contributed by atoms with Crippen LogP contribution in [-0.4, -0.2) is 6.21 Å². The van der Waals surface area contributed by atoms with Gasteiger partial charge in [0.25, 0.3) is 0 Å². The third kappa shape index (κ3) is 0.881. The van der Waals surface area contributed by atoms with E-state index in [-0.39, 0.29) is 0 Å². The molecule has 1 aliphatic heterocycles. The van der Waals surface area contributed by atoms with E-state index in [2.05, 4.69) is 37.1 Å². The van der Waals surface area contributed by atoms with Crippen molar-refractivity contribution in [3.05, 3.63) is 35.1 Å². The number of nitrogens with zero attached hydrogens (tertiary/aromatic N) is 1. The van der Waals surface area contributed by atoms with Crippen LogP contribution in [0.5, 0.6) is 0 Å². The Kier molecular flexibility index (Phi) is 1.31. The van der Waals surface area contributed by atoms with Crippen molar-refractivity contribution < 1.29 is 0 Å². The summed E-state index contributed by atoms with van der Waals surface area (Å²) in [4.78, 5) is 4.30. The van der Waals surface area contributed by atoms with Crippen molar-refractivity contribution in [1.29, 1.82) is 0 Å². The molecule has 0 fully saturated rings. The van der Waals surface area contributed by atoms with E-state index < -0.39 is 0 Å². The van der Waals surface area contributed by atoms with E-state index in [1.807, 2.05) is 6.21 Å². The average Bonchev–Trinajstić information content (AvgIpc) is 2.45. The third-order valence-electron chi connectivity index (χ3n) is 2.35. The Hall–Kier alpha value is -1.11. The van der Waals surface area contributed by atoms with Gasteiger partial charge in [0.2, 0.25) is 0 Å². The monoisotopic (exact) mass is 145 g/mol. The molecule has 1 nitrogen and oxygen atoms in total. The smallest absolute Gasteiger partial charge is 0.0697 e. The van der Waals surface area contributed by atoms with Gasteiger partial charge >= 0.3 is 0 Å². The van der Waals surface area contributed by atoms with Crippen molar-refractivity contribution in [2.24, 2.45) is 10.9 Å². The van der Waals surface area contributed by atoms with E-state index in [9.17, 15) is 0 Å². The minimum absolute atomic E-state index is 0.553. The first-order valence-corrected chi connectivity index (χ1v) is 3.93. The zero-order chi connectivity index (χ0) is 7.84. The predicted octanol–water partition coefficient (Wildman–Crippen LogP) is 2.48. The normalized spacial score (nSPS) is 27.5. The highest BCUT2D eigenvalue weighted by atomic mass is 14.8. The standard InChI is InChI=1S/C10H11N/c1-7-3-4-9-5-6-11-10(9)8(7)2/h3-7H,1-2H3.